The summed E-state index contributed by atoms with van der Waals surface area (Å²) in [6, 6.07) is -0.335. The van der Waals surface area contributed by atoms with Gasteiger partial charge in [-0.25, -0.2) is 18.0 Å². The molecule has 21 heavy (non-hydrogen) atoms. The first-order valence-electron chi connectivity index (χ1n) is 7.33. The molecule has 2 fully saturated rings. The number of sulfone groups is 1. The molecule has 0 aromatic heterocycles. The third-order valence-electron chi connectivity index (χ3n) is 4.40. The highest BCUT2D eigenvalue weighted by Gasteiger charge is 2.50. The van der Waals surface area contributed by atoms with E-state index in [-0.39, 0.29) is 30.6 Å². The summed E-state index contributed by atoms with van der Waals surface area (Å²) in [6.45, 7) is 2.63. The molecule has 2 saturated heterocycles. The predicted octanol–water partition coefficient (Wildman–Crippen LogP) is 0.556. The molecular formula is C13H22N2O5S. The van der Waals surface area contributed by atoms with Crippen molar-refractivity contribution in [3.05, 3.63) is 0 Å². The largest absolute Gasteiger partial charge is 0.479 e. The van der Waals surface area contributed by atoms with Crippen LogP contribution >= 0.6 is 0 Å². The molecular weight excluding hydrogens is 296 g/mol. The number of carbonyl (C=O) groups excluding carboxylic acids is 1. The molecule has 0 aromatic rings. The molecule has 2 heterocycles. The molecule has 2 aliphatic heterocycles. The Balaban J connectivity index is 2.16. The van der Waals surface area contributed by atoms with Gasteiger partial charge in [-0.05, 0) is 19.3 Å². The number of carboxylic acids is 1. The summed E-state index contributed by atoms with van der Waals surface area (Å²) >= 11 is 0. The highest BCUT2D eigenvalue weighted by molar-refractivity contribution is 7.91. The van der Waals surface area contributed by atoms with Gasteiger partial charge in [0.25, 0.3) is 0 Å². The van der Waals surface area contributed by atoms with Crippen LogP contribution < -0.4 is 0 Å². The highest BCUT2D eigenvalue weighted by atomic mass is 32.2. The third-order valence-corrected chi connectivity index (χ3v) is 6.01. The fraction of sp³-hybridized carbons (Fsp3) is 0.846. The van der Waals surface area contributed by atoms with Crippen LogP contribution in [0.15, 0.2) is 0 Å². The number of hydrogen-bond acceptors (Lipinski definition) is 4. The number of likely N-dealkylation sites (tertiary alicyclic amines) is 1. The zero-order valence-corrected chi connectivity index (χ0v) is 13.1. The second-order valence-corrected chi connectivity index (χ2v) is 8.07. The van der Waals surface area contributed by atoms with Crippen molar-refractivity contribution in [2.45, 2.75) is 38.1 Å². The maximum atomic E-state index is 12.6. The van der Waals surface area contributed by atoms with Crippen LogP contribution in [0.5, 0.6) is 0 Å². The summed E-state index contributed by atoms with van der Waals surface area (Å²) in [4.78, 5) is 27.2. The van der Waals surface area contributed by atoms with E-state index in [0.717, 1.165) is 0 Å². The van der Waals surface area contributed by atoms with E-state index in [1.165, 1.54) is 9.80 Å². The Morgan fingerprint density at radius 2 is 1.81 bits per heavy atom. The lowest BCUT2D eigenvalue weighted by Gasteiger charge is -2.39. The van der Waals surface area contributed by atoms with E-state index in [1.807, 2.05) is 6.92 Å². The maximum Gasteiger partial charge on any atom is 0.329 e. The Morgan fingerprint density at radius 3 is 2.33 bits per heavy atom. The number of urea groups is 1. The molecule has 0 aliphatic carbocycles. The van der Waals surface area contributed by atoms with Gasteiger partial charge in [0.05, 0.1) is 11.5 Å². The minimum absolute atomic E-state index is 0.0412. The average Bonchev–Trinajstić information content (AvgIpc) is 2.83. The summed E-state index contributed by atoms with van der Waals surface area (Å²) in [5.74, 6) is -1.04. The van der Waals surface area contributed by atoms with Crippen molar-refractivity contribution in [3.8, 4) is 0 Å². The van der Waals surface area contributed by atoms with E-state index in [4.69, 9.17) is 0 Å². The van der Waals surface area contributed by atoms with Gasteiger partial charge in [-0.2, -0.15) is 0 Å². The lowest BCUT2D eigenvalue weighted by molar-refractivity contribution is -0.148. The van der Waals surface area contributed by atoms with Crippen molar-refractivity contribution in [2.75, 3.05) is 31.1 Å². The van der Waals surface area contributed by atoms with Crippen LogP contribution in [0.3, 0.4) is 0 Å². The molecule has 1 atom stereocenters. The van der Waals surface area contributed by atoms with Gasteiger partial charge < -0.3 is 14.9 Å². The van der Waals surface area contributed by atoms with Gasteiger partial charge in [-0.15, -0.1) is 0 Å². The molecule has 0 spiro atoms. The van der Waals surface area contributed by atoms with E-state index in [9.17, 15) is 23.1 Å². The zero-order chi connectivity index (χ0) is 15.7. The van der Waals surface area contributed by atoms with Crippen LogP contribution in [0.25, 0.3) is 0 Å². The van der Waals surface area contributed by atoms with Crippen molar-refractivity contribution >= 4 is 21.8 Å². The smallest absolute Gasteiger partial charge is 0.329 e. The van der Waals surface area contributed by atoms with E-state index < -0.39 is 21.3 Å². The number of hydrogen-bond donors (Lipinski definition) is 1. The Morgan fingerprint density at radius 1 is 1.19 bits per heavy atom. The maximum absolute atomic E-state index is 12.6. The average molecular weight is 318 g/mol. The lowest BCUT2D eigenvalue weighted by Crippen LogP contribution is -2.58. The Kier molecular flexibility index (Phi) is 4.46. The molecule has 1 unspecified atom stereocenters. The molecule has 0 bridgehead atoms. The van der Waals surface area contributed by atoms with Gasteiger partial charge in [0, 0.05) is 19.6 Å². The SMILES string of the molecule is CCCC1(C(=O)O)CCCN1C(=O)N1CCS(=O)(=O)CC1. The Labute approximate surface area is 124 Å². The van der Waals surface area contributed by atoms with E-state index >= 15 is 0 Å². The van der Waals surface area contributed by atoms with Gasteiger partial charge >= 0.3 is 12.0 Å². The monoisotopic (exact) mass is 318 g/mol. The van der Waals surface area contributed by atoms with E-state index in [1.54, 1.807) is 0 Å². The van der Waals surface area contributed by atoms with Gasteiger partial charge in [0.1, 0.15) is 5.54 Å². The zero-order valence-electron chi connectivity index (χ0n) is 12.2. The first-order valence-corrected chi connectivity index (χ1v) is 9.15. The highest BCUT2D eigenvalue weighted by Crippen LogP contribution is 2.35. The van der Waals surface area contributed by atoms with Crippen LogP contribution in [0, 0.1) is 0 Å². The molecule has 120 valence electrons. The number of carbonyl (C=O) groups is 2. The van der Waals surface area contributed by atoms with Gasteiger partial charge in [-0.1, -0.05) is 13.3 Å². The van der Waals surface area contributed by atoms with E-state index in [0.29, 0.717) is 32.2 Å². The van der Waals surface area contributed by atoms with Crippen LogP contribution in [-0.2, 0) is 14.6 Å². The molecule has 1 N–H and O–H groups in total. The summed E-state index contributed by atoms with van der Waals surface area (Å²) in [5.41, 5.74) is -1.12. The Hall–Kier alpha value is -1.31. The van der Waals surface area contributed by atoms with Gasteiger partial charge in [-0.3, -0.25) is 0 Å². The topological polar surface area (TPSA) is 95.0 Å². The molecule has 2 aliphatic rings. The van der Waals surface area contributed by atoms with Crippen molar-refractivity contribution < 1.29 is 23.1 Å². The van der Waals surface area contributed by atoms with Crippen LogP contribution in [0.1, 0.15) is 32.6 Å². The minimum atomic E-state index is -3.06. The second-order valence-electron chi connectivity index (χ2n) is 5.76. The minimum Gasteiger partial charge on any atom is -0.479 e. The van der Waals surface area contributed by atoms with Crippen molar-refractivity contribution in [1.29, 1.82) is 0 Å². The third kappa shape index (κ3) is 3.00. The predicted molar refractivity (Wildman–Crippen MR) is 76.8 cm³/mol. The van der Waals surface area contributed by atoms with Crippen molar-refractivity contribution in [3.63, 3.8) is 0 Å². The quantitative estimate of drug-likeness (QED) is 0.820. The molecule has 0 radical (unpaired) electrons. The fourth-order valence-corrected chi connectivity index (χ4v) is 4.44. The van der Waals surface area contributed by atoms with Crippen LogP contribution in [0.4, 0.5) is 4.79 Å². The first kappa shape index (κ1) is 16.1. The normalized spacial score (nSPS) is 28.6. The summed E-state index contributed by atoms with van der Waals surface area (Å²) in [5, 5.41) is 9.59. The molecule has 8 heteroatoms. The molecule has 0 aromatic carbocycles. The van der Waals surface area contributed by atoms with Crippen LogP contribution in [-0.4, -0.2) is 72.0 Å². The summed E-state index contributed by atoms with van der Waals surface area (Å²) in [6.07, 6.45) is 2.25. The van der Waals surface area contributed by atoms with Gasteiger partial charge in [0.15, 0.2) is 9.84 Å². The second kappa shape index (κ2) is 5.82. The molecule has 2 amide bonds. The number of rotatable bonds is 3. The van der Waals surface area contributed by atoms with Gasteiger partial charge in [0.2, 0.25) is 0 Å². The number of nitrogens with zero attached hydrogens (tertiary/aromatic N) is 2. The molecule has 2 rings (SSSR count). The summed E-state index contributed by atoms with van der Waals surface area (Å²) < 4.78 is 22.9. The molecule has 0 saturated carbocycles. The first-order chi connectivity index (χ1) is 9.82. The Bertz CT molecular complexity index is 519. The molecule has 7 nitrogen and oxygen atoms in total. The van der Waals surface area contributed by atoms with Crippen molar-refractivity contribution in [2.24, 2.45) is 0 Å². The number of amides is 2. The van der Waals surface area contributed by atoms with Crippen LogP contribution in [0.2, 0.25) is 0 Å². The van der Waals surface area contributed by atoms with E-state index in [2.05, 4.69) is 0 Å². The number of carboxylic acid groups (broad SMARTS) is 1. The fourth-order valence-electron chi connectivity index (χ4n) is 3.23. The summed E-state index contributed by atoms with van der Waals surface area (Å²) in [7, 11) is -3.06. The lowest BCUT2D eigenvalue weighted by atomic mass is 9.91. The number of aliphatic carboxylic acids is 1. The van der Waals surface area contributed by atoms with Crippen molar-refractivity contribution in [1.82, 2.24) is 9.80 Å². The standard InChI is InChI=1S/C13H22N2O5S/c1-2-4-13(11(16)17)5-3-6-15(13)12(18)14-7-9-21(19,20)10-8-14/h2-10H2,1H3,(H,16,17).